The minimum atomic E-state index is -0.312. The van der Waals surface area contributed by atoms with Gasteiger partial charge in [0.2, 0.25) is 0 Å². The van der Waals surface area contributed by atoms with Crippen LogP contribution in [0.3, 0.4) is 0 Å². The highest BCUT2D eigenvalue weighted by atomic mass is 16.5. The lowest BCUT2D eigenvalue weighted by molar-refractivity contribution is 0.0130. The van der Waals surface area contributed by atoms with Crippen molar-refractivity contribution in [2.24, 2.45) is 0 Å². The molecule has 0 amide bonds. The van der Waals surface area contributed by atoms with Crippen molar-refractivity contribution >= 4 is 0 Å². The summed E-state index contributed by atoms with van der Waals surface area (Å²) in [5.41, 5.74) is -0.312. The third-order valence-corrected chi connectivity index (χ3v) is 3.22. The Balaban J connectivity index is 2.25. The lowest BCUT2D eigenvalue weighted by Crippen LogP contribution is -2.51. The highest BCUT2D eigenvalue weighted by molar-refractivity contribution is 5.20. The van der Waals surface area contributed by atoms with E-state index in [-0.39, 0.29) is 18.2 Å². The maximum absolute atomic E-state index is 9.56. The summed E-state index contributed by atoms with van der Waals surface area (Å²) in [6, 6.07) is 10.0. The number of para-hydroxylation sites is 1. The van der Waals surface area contributed by atoms with E-state index in [0.717, 1.165) is 12.2 Å². The molecule has 0 aliphatic carbocycles. The summed E-state index contributed by atoms with van der Waals surface area (Å²) in [6.07, 6.45) is 0.820. The van der Waals surface area contributed by atoms with Crippen LogP contribution in [0.4, 0.5) is 0 Å². The fraction of sp³-hybridized carbons (Fsp3) is 0.647. The normalized spacial score (nSPS) is 15.7. The van der Waals surface area contributed by atoms with Gasteiger partial charge < -0.3 is 19.9 Å². The Morgan fingerprint density at radius 1 is 1.14 bits per heavy atom. The molecule has 0 aliphatic heterocycles. The van der Waals surface area contributed by atoms with Gasteiger partial charge in [-0.25, -0.2) is 0 Å². The van der Waals surface area contributed by atoms with Crippen LogP contribution in [-0.4, -0.2) is 42.6 Å². The summed E-state index contributed by atoms with van der Waals surface area (Å²) in [5, 5.41) is 13.0. The van der Waals surface area contributed by atoms with Gasteiger partial charge >= 0.3 is 0 Å². The second kappa shape index (κ2) is 9.03. The highest BCUT2D eigenvalue weighted by Gasteiger charge is 2.26. The fourth-order valence-electron chi connectivity index (χ4n) is 2.48. The number of hydrogen-bond acceptors (Lipinski definition) is 4. The molecule has 1 aromatic rings. The van der Waals surface area contributed by atoms with Crippen LogP contribution < -0.4 is 10.1 Å². The second-order valence-corrected chi connectivity index (χ2v) is 6.06. The van der Waals surface area contributed by atoms with Crippen LogP contribution in [0, 0.1) is 0 Å². The minimum absolute atomic E-state index is 0.0628. The number of rotatable bonds is 10. The van der Waals surface area contributed by atoms with Crippen molar-refractivity contribution in [3.63, 3.8) is 0 Å². The summed E-state index contributed by atoms with van der Waals surface area (Å²) in [7, 11) is 0. The van der Waals surface area contributed by atoms with Crippen molar-refractivity contribution in [2.45, 2.75) is 51.8 Å². The molecule has 0 aliphatic rings. The summed E-state index contributed by atoms with van der Waals surface area (Å²) in [4.78, 5) is 0. The standard InChI is InChI=1S/C17H29NO3/c1-14(2)18-17(4,13-19)12-15(3)20-10-11-21-16-8-6-5-7-9-16/h5-9,14-15,18-19H,10-13H2,1-4H3. The van der Waals surface area contributed by atoms with Crippen LogP contribution in [0.5, 0.6) is 5.75 Å². The molecule has 4 heteroatoms. The van der Waals surface area contributed by atoms with Crippen molar-refractivity contribution in [1.29, 1.82) is 0 Å². The van der Waals surface area contributed by atoms with Crippen LogP contribution >= 0.6 is 0 Å². The number of aliphatic hydroxyl groups is 1. The Hall–Kier alpha value is -1.10. The molecule has 0 saturated carbocycles. The summed E-state index contributed by atoms with van der Waals surface area (Å²) in [5.74, 6) is 0.857. The number of nitrogens with one attached hydrogen (secondary N) is 1. The number of aliphatic hydroxyl groups excluding tert-OH is 1. The number of hydrogen-bond donors (Lipinski definition) is 2. The van der Waals surface area contributed by atoms with Gasteiger partial charge in [-0.3, -0.25) is 0 Å². The van der Waals surface area contributed by atoms with Gasteiger partial charge in [0.05, 0.1) is 19.3 Å². The largest absolute Gasteiger partial charge is 0.491 e. The van der Waals surface area contributed by atoms with Gasteiger partial charge in [-0.15, -0.1) is 0 Å². The van der Waals surface area contributed by atoms with Gasteiger partial charge in [0.25, 0.3) is 0 Å². The zero-order valence-corrected chi connectivity index (χ0v) is 13.6. The Morgan fingerprint density at radius 3 is 2.38 bits per heavy atom. The fourth-order valence-corrected chi connectivity index (χ4v) is 2.48. The van der Waals surface area contributed by atoms with Crippen molar-refractivity contribution in [3.05, 3.63) is 30.3 Å². The van der Waals surface area contributed by atoms with E-state index in [2.05, 4.69) is 19.2 Å². The molecule has 0 fully saturated rings. The average molecular weight is 295 g/mol. The maximum Gasteiger partial charge on any atom is 0.119 e. The Kier molecular flexibility index (Phi) is 7.72. The van der Waals surface area contributed by atoms with Crippen molar-refractivity contribution in [2.75, 3.05) is 19.8 Å². The summed E-state index contributed by atoms with van der Waals surface area (Å²) < 4.78 is 11.4. The van der Waals surface area contributed by atoms with E-state index in [0.29, 0.717) is 19.3 Å². The molecule has 0 bridgehead atoms. The van der Waals surface area contributed by atoms with E-state index in [1.165, 1.54) is 0 Å². The van der Waals surface area contributed by atoms with Gasteiger partial charge in [0.1, 0.15) is 12.4 Å². The quantitative estimate of drug-likeness (QED) is 0.652. The average Bonchev–Trinajstić information content (AvgIpc) is 2.44. The third kappa shape index (κ3) is 7.46. The van der Waals surface area contributed by atoms with E-state index in [4.69, 9.17) is 9.47 Å². The zero-order valence-electron chi connectivity index (χ0n) is 13.6. The molecule has 0 aromatic heterocycles. The lowest BCUT2D eigenvalue weighted by Gasteiger charge is -2.33. The summed E-state index contributed by atoms with van der Waals surface area (Å²) in [6.45, 7) is 9.37. The predicted molar refractivity (Wildman–Crippen MR) is 85.7 cm³/mol. The van der Waals surface area contributed by atoms with Gasteiger partial charge in [-0.05, 0) is 32.4 Å². The van der Waals surface area contributed by atoms with Gasteiger partial charge in [-0.2, -0.15) is 0 Å². The van der Waals surface area contributed by atoms with Crippen LogP contribution in [-0.2, 0) is 4.74 Å². The highest BCUT2D eigenvalue weighted by Crippen LogP contribution is 2.15. The molecule has 0 heterocycles. The molecule has 0 saturated heterocycles. The molecule has 2 atom stereocenters. The van der Waals surface area contributed by atoms with E-state index >= 15 is 0 Å². The van der Waals surface area contributed by atoms with Crippen LogP contribution in [0.2, 0.25) is 0 Å². The lowest BCUT2D eigenvalue weighted by atomic mass is 9.95. The molecule has 1 rings (SSSR count). The first-order valence-corrected chi connectivity index (χ1v) is 7.63. The van der Waals surface area contributed by atoms with Gasteiger partial charge in [-0.1, -0.05) is 32.0 Å². The van der Waals surface area contributed by atoms with E-state index in [1.807, 2.05) is 44.2 Å². The Morgan fingerprint density at radius 2 is 1.81 bits per heavy atom. The van der Waals surface area contributed by atoms with Crippen LogP contribution in [0.1, 0.15) is 34.1 Å². The first kappa shape index (κ1) is 18.0. The van der Waals surface area contributed by atoms with Gasteiger partial charge in [0.15, 0.2) is 0 Å². The Labute approximate surface area is 128 Å². The second-order valence-electron chi connectivity index (χ2n) is 6.06. The monoisotopic (exact) mass is 295 g/mol. The first-order chi connectivity index (χ1) is 9.95. The summed E-state index contributed by atoms with van der Waals surface area (Å²) >= 11 is 0. The SMILES string of the molecule is CC(C)NC(C)(CO)CC(C)OCCOc1ccccc1. The molecule has 0 spiro atoms. The van der Waals surface area contributed by atoms with Crippen LogP contribution in [0.15, 0.2) is 30.3 Å². The van der Waals surface area contributed by atoms with Gasteiger partial charge in [0, 0.05) is 11.6 Å². The molecule has 0 radical (unpaired) electrons. The minimum Gasteiger partial charge on any atom is -0.491 e. The first-order valence-electron chi connectivity index (χ1n) is 7.63. The molecular weight excluding hydrogens is 266 g/mol. The predicted octanol–water partition coefficient (Wildman–Crippen LogP) is 2.61. The van der Waals surface area contributed by atoms with Crippen molar-refractivity contribution in [3.8, 4) is 5.75 Å². The third-order valence-electron chi connectivity index (χ3n) is 3.22. The molecule has 1 aromatic carbocycles. The number of ether oxygens (including phenoxy) is 2. The van der Waals surface area contributed by atoms with Crippen molar-refractivity contribution < 1.29 is 14.6 Å². The van der Waals surface area contributed by atoms with Crippen molar-refractivity contribution in [1.82, 2.24) is 5.32 Å². The maximum atomic E-state index is 9.56. The molecule has 2 N–H and O–H groups in total. The van der Waals surface area contributed by atoms with E-state index in [1.54, 1.807) is 0 Å². The Bertz CT molecular complexity index is 383. The van der Waals surface area contributed by atoms with E-state index < -0.39 is 0 Å². The molecular formula is C17H29NO3. The molecule has 120 valence electrons. The molecule has 2 unspecified atom stereocenters. The molecule has 4 nitrogen and oxygen atoms in total. The van der Waals surface area contributed by atoms with Crippen LogP contribution in [0.25, 0.3) is 0 Å². The van der Waals surface area contributed by atoms with E-state index in [9.17, 15) is 5.11 Å². The smallest absolute Gasteiger partial charge is 0.119 e. The number of benzene rings is 1. The topological polar surface area (TPSA) is 50.7 Å². The zero-order chi connectivity index (χ0) is 15.7. The molecule has 21 heavy (non-hydrogen) atoms.